The standard InChI is InChI=1S/C17H16BrN5O/c1-24-15-8-3-2-5-12(15)10-19-16-11-20-23-17(22-16)21-14-7-4-6-13(18)9-14/h2-9,11H,10H2,1H3,(H2,19,21,22,23). The van der Waals surface area contributed by atoms with Crippen molar-refractivity contribution in [2.24, 2.45) is 0 Å². The van der Waals surface area contributed by atoms with Crippen LogP contribution < -0.4 is 15.4 Å². The maximum absolute atomic E-state index is 5.34. The third kappa shape index (κ3) is 4.20. The molecule has 0 spiro atoms. The van der Waals surface area contributed by atoms with Crippen LogP contribution >= 0.6 is 15.9 Å². The molecule has 6 nitrogen and oxygen atoms in total. The Morgan fingerprint density at radius 1 is 1.12 bits per heavy atom. The van der Waals surface area contributed by atoms with Crippen LogP contribution in [-0.4, -0.2) is 22.3 Å². The van der Waals surface area contributed by atoms with Gasteiger partial charge >= 0.3 is 0 Å². The zero-order chi connectivity index (χ0) is 16.8. The first-order chi connectivity index (χ1) is 11.7. The van der Waals surface area contributed by atoms with E-state index in [2.05, 4.69) is 41.7 Å². The number of anilines is 3. The van der Waals surface area contributed by atoms with Crippen LogP contribution in [0.25, 0.3) is 0 Å². The number of rotatable bonds is 6. The highest BCUT2D eigenvalue weighted by Gasteiger charge is 2.04. The number of ether oxygens (including phenoxy) is 1. The van der Waals surface area contributed by atoms with E-state index in [0.29, 0.717) is 18.3 Å². The van der Waals surface area contributed by atoms with Crippen molar-refractivity contribution in [3.8, 4) is 5.75 Å². The van der Waals surface area contributed by atoms with Gasteiger partial charge in [-0.15, -0.1) is 5.10 Å². The molecule has 0 bridgehead atoms. The molecule has 0 saturated heterocycles. The number of nitrogens with zero attached hydrogens (tertiary/aromatic N) is 3. The minimum Gasteiger partial charge on any atom is -0.496 e. The molecular weight excluding hydrogens is 370 g/mol. The molecule has 0 amide bonds. The van der Waals surface area contributed by atoms with Gasteiger partial charge in [-0.3, -0.25) is 0 Å². The second-order valence-corrected chi connectivity index (χ2v) is 5.88. The molecule has 2 N–H and O–H groups in total. The molecule has 3 rings (SSSR count). The first-order valence-corrected chi connectivity index (χ1v) is 8.12. The highest BCUT2D eigenvalue weighted by molar-refractivity contribution is 9.10. The molecule has 2 aromatic carbocycles. The maximum atomic E-state index is 5.34. The maximum Gasteiger partial charge on any atom is 0.249 e. The predicted molar refractivity (Wildman–Crippen MR) is 97.6 cm³/mol. The minimum absolute atomic E-state index is 0.429. The summed E-state index contributed by atoms with van der Waals surface area (Å²) in [5.41, 5.74) is 1.92. The first-order valence-electron chi connectivity index (χ1n) is 7.32. The van der Waals surface area contributed by atoms with Gasteiger partial charge in [-0.1, -0.05) is 40.2 Å². The number of hydrogen-bond acceptors (Lipinski definition) is 6. The van der Waals surface area contributed by atoms with E-state index in [-0.39, 0.29) is 0 Å². The fraction of sp³-hybridized carbons (Fsp3) is 0.118. The van der Waals surface area contributed by atoms with Crippen LogP contribution in [0.4, 0.5) is 17.5 Å². The molecule has 0 saturated carbocycles. The van der Waals surface area contributed by atoms with Gasteiger partial charge in [-0.2, -0.15) is 10.1 Å². The summed E-state index contributed by atoms with van der Waals surface area (Å²) in [6.07, 6.45) is 1.58. The van der Waals surface area contributed by atoms with Gasteiger partial charge in [0.25, 0.3) is 0 Å². The number of nitrogens with one attached hydrogen (secondary N) is 2. The molecule has 0 unspecified atom stereocenters. The molecule has 122 valence electrons. The summed E-state index contributed by atoms with van der Waals surface area (Å²) < 4.78 is 6.32. The van der Waals surface area contributed by atoms with Gasteiger partial charge in [0, 0.05) is 22.3 Å². The van der Waals surface area contributed by atoms with Gasteiger partial charge in [0.1, 0.15) is 5.75 Å². The summed E-state index contributed by atoms with van der Waals surface area (Å²) in [6, 6.07) is 15.6. The van der Waals surface area contributed by atoms with Crippen molar-refractivity contribution in [2.45, 2.75) is 6.54 Å². The molecule has 3 aromatic rings. The van der Waals surface area contributed by atoms with E-state index < -0.39 is 0 Å². The van der Waals surface area contributed by atoms with E-state index >= 15 is 0 Å². The second-order valence-electron chi connectivity index (χ2n) is 4.97. The lowest BCUT2D eigenvalue weighted by Gasteiger charge is -2.10. The molecule has 0 aliphatic rings. The van der Waals surface area contributed by atoms with E-state index in [0.717, 1.165) is 21.5 Å². The summed E-state index contributed by atoms with van der Waals surface area (Å²) in [7, 11) is 1.66. The smallest absolute Gasteiger partial charge is 0.249 e. The van der Waals surface area contributed by atoms with E-state index in [4.69, 9.17) is 4.74 Å². The molecule has 1 aromatic heterocycles. The van der Waals surface area contributed by atoms with Crippen molar-refractivity contribution in [3.05, 3.63) is 64.8 Å². The van der Waals surface area contributed by atoms with Gasteiger partial charge in [-0.05, 0) is 24.3 Å². The van der Waals surface area contributed by atoms with Crippen molar-refractivity contribution in [2.75, 3.05) is 17.7 Å². The van der Waals surface area contributed by atoms with Gasteiger partial charge in [-0.25, -0.2) is 0 Å². The van der Waals surface area contributed by atoms with Crippen LogP contribution in [0.15, 0.2) is 59.2 Å². The molecule has 0 aliphatic carbocycles. The van der Waals surface area contributed by atoms with Gasteiger partial charge < -0.3 is 15.4 Å². The predicted octanol–water partition coefficient (Wildman–Crippen LogP) is 4.00. The number of hydrogen-bond donors (Lipinski definition) is 2. The average Bonchev–Trinajstić information content (AvgIpc) is 2.60. The number of aromatic nitrogens is 3. The van der Waals surface area contributed by atoms with Crippen molar-refractivity contribution < 1.29 is 4.74 Å². The number of para-hydroxylation sites is 1. The van der Waals surface area contributed by atoms with Gasteiger partial charge in [0.2, 0.25) is 5.95 Å². The molecule has 0 radical (unpaired) electrons. The molecule has 1 heterocycles. The van der Waals surface area contributed by atoms with Gasteiger partial charge in [0.05, 0.1) is 13.3 Å². The quantitative estimate of drug-likeness (QED) is 0.667. The Morgan fingerprint density at radius 2 is 2.00 bits per heavy atom. The fourth-order valence-corrected chi connectivity index (χ4v) is 2.57. The minimum atomic E-state index is 0.429. The fourth-order valence-electron chi connectivity index (χ4n) is 2.17. The Kier molecular flexibility index (Phi) is 5.22. The zero-order valence-corrected chi connectivity index (χ0v) is 14.6. The van der Waals surface area contributed by atoms with Crippen LogP contribution in [0.2, 0.25) is 0 Å². The van der Waals surface area contributed by atoms with Crippen LogP contribution in [0.1, 0.15) is 5.56 Å². The normalized spacial score (nSPS) is 10.2. The average molecular weight is 386 g/mol. The van der Waals surface area contributed by atoms with E-state index in [1.165, 1.54) is 0 Å². The SMILES string of the molecule is COc1ccccc1CNc1cnnc(Nc2cccc(Br)c2)n1. The topological polar surface area (TPSA) is 72.0 Å². The Hall–Kier alpha value is -2.67. The molecule has 0 fully saturated rings. The third-order valence-electron chi connectivity index (χ3n) is 3.29. The summed E-state index contributed by atoms with van der Waals surface area (Å²) >= 11 is 3.43. The monoisotopic (exact) mass is 385 g/mol. The number of halogens is 1. The summed E-state index contributed by atoms with van der Waals surface area (Å²) in [4.78, 5) is 4.42. The van der Waals surface area contributed by atoms with Crippen molar-refractivity contribution in [3.63, 3.8) is 0 Å². The first kappa shape index (κ1) is 16.2. The Bertz CT molecular complexity index is 827. The highest BCUT2D eigenvalue weighted by atomic mass is 79.9. The Balaban J connectivity index is 1.69. The van der Waals surface area contributed by atoms with Crippen molar-refractivity contribution >= 4 is 33.4 Å². The molecule has 0 aliphatic heterocycles. The molecular formula is C17H16BrN5O. The largest absolute Gasteiger partial charge is 0.496 e. The Labute approximate surface area is 148 Å². The van der Waals surface area contributed by atoms with Crippen molar-refractivity contribution in [1.29, 1.82) is 0 Å². The number of benzene rings is 2. The molecule has 24 heavy (non-hydrogen) atoms. The summed E-state index contributed by atoms with van der Waals surface area (Å²) in [5.74, 6) is 1.89. The summed E-state index contributed by atoms with van der Waals surface area (Å²) in [6.45, 7) is 0.582. The molecule has 7 heteroatoms. The zero-order valence-electron chi connectivity index (χ0n) is 13.0. The highest BCUT2D eigenvalue weighted by Crippen LogP contribution is 2.20. The van der Waals surface area contributed by atoms with E-state index in [1.54, 1.807) is 13.3 Å². The van der Waals surface area contributed by atoms with E-state index in [1.807, 2.05) is 48.5 Å². The van der Waals surface area contributed by atoms with Crippen LogP contribution in [0.5, 0.6) is 5.75 Å². The van der Waals surface area contributed by atoms with Crippen LogP contribution in [0.3, 0.4) is 0 Å². The second kappa shape index (κ2) is 7.74. The lowest BCUT2D eigenvalue weighted by molar-refractivity contribution is 0.410. The Morgan fingerprint density at radius 3 is 2.83 bits per heavy atom. The van der Waals surface area contributed by atoms with Crippen LogP contribution in [0, 0.1) is 0 Å². The van der Waals surface area contributed by atoms with Gasteiger partial charge in [0.15, 0.2) is 5.82 Å². The lowest BCUT2D eigenvalue weighted by atomic mass is 10.2. The number of methoxy groups -OCH3 is 1. The van der Waals surface area contributed by atoms with Crippen molar-refractivity contribution in [1.82, 2.24) is 15.2 Å². The molecule has 0 atom stereocenters. The van der Waals surface area contributed by atoms with E-state index in [9.17, 15) is 0 Å². The lowest BCUT2D eigenvalue weighted by Crippen LogP contribution is -2.06. The summed E-state index contributed by atoms with van der Waals surface area (Å²) in [5, 5.41) is 14.3. The van der Waals surface area contributed by atoms with Crippen LogP contribution in [-0.2, 0) is 6.54 Å². The third-order valence-corrected chi connectivity index (χ3v) is 3.79.